The highest BCUT2D eigenvalue weighted by molar-refractivity contribution is 5.86. The molecule has 1 aliphatic heterocycles. The molecule has 2 N–H and O–H groups in total. The second-order valence-corrected chi connectivity index (χ2v) is 6.58. The normalized spacial score (nSPS) is 14.7. The number of hydrogen-bond donors (Lipinski definition) is 2. The molecule has 0 unspecified atom stereocenters. The first-order chi connectivity index (χ1) is 13.2. The molecular formula is C19H24N6O2. The van der Waals surface area contributed by atoms with Gasteiger partial charge in [0.25, 0.3) is 0 Å². The molecule has 0 spiro atoms. The van der Waals surface area contributed by atoms with Crippen LogP contribution in [0, 0.1) is 6.92 Å². The first-order valence-electron chi connectivity index (χ1n) is 9.15. The van der Waals surface area contributed by atoms with Crippen LogP contribution >= 0.6 is 0 Å². The van der Waals surface area contributed by atoms with Gasteiger partial charge in [0, 0.05) is 32.3 Å². The summed E-state index contributed by atoms with van der Waals surface area (Å²) in [5, 5.41) is 3.32. The first-order valence-corrected chi connectivity index (χ1v) is 9.15. The van der Waals surface area contributed by atoms with Gasteiger partial charge in [-0.05, 0) is 24.6 Å². The molecule has 1 fully saturated rings. The lowest BCUT2D eigenvalue weighted by Crippen LogP contribution is -2.37. The zero-order valence-electron chi connectivity index (χ0n) is 15.7. The summed E-state index contributed by atoms with van der Waals surface area (Å²) in [6.07, 6.45) is 0.656. The Morgan fingerprint density at radius 1 is 1.22 bits per heavy atom. The first kappa shape index (κ1) is 17.7. The maximum atomic E-state index is 5.48. The van der Waals surface area contributed by atoms with Crippen molar-refractivity contribution in [3.63, 3.8) is 0 Å². The summed E-state index contributed by atoms with van der Waals surface area (Å²) >= 11 is 0. The van der Waals surface area contributed by atoms with Crippen molar-refractivity contribution in [3.8, 4) is 0 Å². The average molecular weight is 368 g/mol. The highest BCUT2D eigenvalue weighted by Gasteiger charge is 2.20. The van der Waals surface area contributed by atoms with Crippen molar-refractivity contribution in [1.29, 1.82) is 0 Å². The summed E-state index contributed by atoms with van der Waals surface area (Å²) in [6, 6.07) is 8.17. The predicted octanol–water partition coefficient (Wildman–Crippen LogP) is 2.43. The minimum atomic E-state index is 0.580. The quantitative estimate of drug-likeness (QED) is 0.691. The minimum Gasteiger partial charge on any atom is -0.384 e. The third-order valence-electron chi connectivity index (χ3n) is 4.49. The topological polar surface area (TPSA) is 88.2 Å². The number of H-pyrrole nitrogens is 1. The summed E-state index contributed by atoms with van der Waals surface area (Å²) in [7, 11) is 1.68. The average Bonchev–Trinajstić information content (AvgIpc) is 3.08. The summed E-state index contributed by atoms with van der Waals surface area (Å²) in [4.78, 5) is 19.6. The van der Waals surface area contributed by atoms with Crippen LogP contribution in [0.1, 0.15) is 11.4 Å². The number of imidazole rings is 1. The molecule has 0 radical (unpaired) electrons. The van der Waals surface area contributed by atoms with Gasteiger partial charge in [0.15, 0.2) is 17.0 Å². The number of nitrogens with zero attached hydrogens (tertiary/aromatic N) is 4. The monoisotopic (exact) mass is 368 g/mol. The maximum absolute atomic E-state index is 5.48. The molecular weight excluding hydrogens is 344 g/mol. The van der Waals surface area contributed by atoms with Crippen LogP contribution in [0.4, 0.5) is 17.5 Å². The van der Waals surface area contributed by atoms with Crippen LogP contribution < -0.4 is 10.2 Å². The van der Waals surface area contributed by atoms with Crippen molar-refractivity contribution in [2.24, 2.45) is 0 Å². The second-order valence-electron chi connectivity index (χ2n) is 6.58. The van der Waals surface area contributed by atoms with E-state index in [0.717, 1.165) is 41.6 Å². The lowest BCUT2D eigenvalue weighted by molar-refractivity contribution is 0.122. The highest BCUT2D eigenvalue weighted by Crippen LogP contribution is 2.26. The van der Waals surface area contributed by atoms with Gasteiger partial charge in [0.2, 0.25) is 5.95 Å². The van der Waals surface area contributed by atoms with Gasteiger partial charge in [0.05, 0.1) is 19.8 Å². The largest absolute Gasteiger partial charge is 0.384 e. The van der Waals surface area contributed by atoms with E-state index < -0.39 is 0 Å². The number of hydrogen-bond acceptors (Lipinski definition) is 7. The summed E-state index contributed by atoms with van der Waals surface area (Å²) in [5.74, 6) is 2.25. The lowest BCUT2D eigenvalue weighted by Gasteiger charge is -2.28. The minimum absolute atomic E-state index is 0.580. The fourth-order valence-electron chi connectivity index (χ4n) is 3.15. The van der Waals surface area contributed by atoms with Crippen LogP contribution in [0.2, 0.25) is 0 Å². The number of nitrogens with one attached hydrogen (secondary N) is 2. The van der Waals surface area contributed by atoms with E-state index >= 15 is 0 Å². The van der Waals surface area contributed by atoms with Crippen LogP contribution in [0.15, 0.2) is 24.3 Å². The van der Waals surface area contributed by atoms with E-state index in [-0.39, 0.29) is 0 Å². The van der Waals surface area contributed by atoms with Crippen LogP contribution in [0.5, 0.6) is 0 Å². The Bertz CT molecular complexity index is 920. The molecule has 0 amide bonds. The SMILES string of the molecule is COCCc1nc(N2CCOCC2)c2nc(Nc3cccc(C)c3)[nH]c2n1. The Hall–Kier alpha value is -2.71. The van der Waals surface area contributed by atoms with Gasteiger partial charge in [-0.2, -0.15) is 0 Å². The fourth-order valence-corrected chi connectivity index (χ4v) is 3.15. The Morgan fingerprint density at radius 3 is 2.85 bits per heavy atom. The van der Waals surface area contributed by atoms with Crippen molar-refractivity contribution in [3.05, 3.63) is 35.7 Å². The number of fused-ring (bicyclic) bond motifs is 1. The van der Waals surface area contributed by atoms with Crippen LogP contribution in [-0.2, 0) is 15.9 Å². The van der Waals surface area contributed by atoms with E-state index in [1.165, 1.54) is 5.56 Å². The number of aromatic amines is 1. The van der Waals surface area contributed by atoms with E-state index in [0.29, 0.717) is 32.2 Å². The van der Waals surface area contributed by atoms with Gasteiger partial charge in [-0.3, -0.25) is 0 Å². The summed E-state index contributed by atoms with van der Waals surface area (Å²) in [6.45, 7) is 5.62. The standard InChI is InChI=1S/C19H24N6O2/c1-13-4-3-5-14(12-13)20-19-23-16-17(24-19)21-15(6-9-26-2)22-18(16)25-7-10-27-11-8-25/h3-5,12H,6-11H2,1-2H3,(H2,20,21,22,23,24). The predicted molar refractivity (Wildman–Crippen MR) is 105 cm³/mol. The van der Waals surface area contributed by atoms with Crippen molar-refractivity contribution in [1.82, 2.24) is 19.9 Å². The van der Waals surface area contributed by atoms with Crippen LogP contribution in [0.25, 0.3) is 11.2 Å². The zero-order valence-corrected chi connectivity index (χ0v) is 15.7. The molecule has 27 heavy (non-hydrogen) atoms. The highest BCUT2D eigenvalue weighted by atomic mass is 16.5. The van der Waals surface area contributed by atoms with Gasteiger partial charge in [0.1, 0.15) is 5.82 Å². The molecule has 0 saturated carbocycles. The molecule has 3 heterocycles. The molecule has 2 aromatic heterocycles. The van der Waals surface area contributed by atoms with E-state index in [2.05, 4.69) is 39.2 Å². The van der Waals surface area contributed by atoms with E-state index in [1.807, 2.05) is 12.1 Å². The molecule has 0 atom stereocenters. The number of ether oxygens (including phenoxy) is 2. The Balaban J connectivity index is 1.70. The van der Waals surface area contributed by atoms with Gasteiger partial charge in [-0.1, -0.05) is 12.1 Å². The maximum Gasteiger partial charge on any atom is 0.207 e. The van der Waals surface area contributed by atoms with Gasteiger partial charge in [-0.25, -0.2) is 15.0 Å². The molecule has 142 valence electrons. The molecule has 0 aliphatic carbocycles. The van der Waals surface area contributed by atoms with Gasteiger partial charge in [-0.15, -0.1) is 0 Å². The molecule has 3 aromatic rings. The molecule has 8 heteroatoms. The lowest BCUT2D eigenvalue weighted by atomic mass is 10.2. The number of benzene rings is 1. The fraction of sp³-hybridized carbons (Fsp3) is 0.421. The molecule has 1 aliphatic rings. The number of morpholine rings is 1. The van der Waals surface area contributed by atoms with E-state index in [1.54, 1.807) is 7.11 Å². The number of rotatable bonds is 6. The third kappa shape index (κ3) is 4.01. The van der Waals surface area contributed by atoms with Gasteiger partial charge < -0.3 is 24.7 Å². The number of aromatic nitrogens is 4. The van der Waals surface area contributed by atoms with E-state index in [9.17, 15) is 0 Å². The Morgan fingerprint density at radius 2 is 2.07 bits per heavy atom. The third-order valence-corrected chi connectivity index (χ3v) is 4.49. The summed E-state index contributed by atoms with van der Waals surface area (Å²) in [5.41, 5.74) is 3.67. The van der Waals surface area contributed by atoms with Gasteiger partial charge >= 0.3 is 0 Å². The molecule has 1 aromatic carbocycles. The molecule has 0 bridgehead atoms. The van der Waals surface area contributed by atoms with Crippen molar-refractivity contribution in [2.75, 3.05) is 50.2 Å². The Kier molecular flexibility index (Phi) is 5.17. The second kappa shape index (κ2) is 7.89. The number of anilines is 3. The number of methoxy groups -OCH3 is 1. The van der Waals surface area contributed by atoms with Crippen LogP contribution in [0.3, 0.4) is 0 Å². The Labute approximate surface area is 157 Å². The van der Waals surface area contributed by atoms with E-state index in [4.69, 9.17) is 19.4 Å². The zero-order chi connectivity index (χ0) is 18.6. The molecule has 4 rings (SSSR count). The van der Waals surface area contributed by atoms with Crippen molar-refractivity contribution >= 4 is 28.6 Å². The van der Waals surface area contributed by atoms with Crippen molar-refractivity contribution in [2.45, 2.75) is 13.3 Å². The summed E-state index contributed by atoms with van der Waals surface area (Å²) < 4.78 is 10.7. The molecule has 8 nitrogen and oxygen atoms in total. The smallest absolute Gasteiger partial charge is 0.207 e. The molecule has 1 saturated heterocycles. The van der Waals surface area contributed by atoms with Crippen LogP contribution in [-0.4, -0.2) is 60.0 Å². The number of aryl methyl sites for hydroxylation is 1. The van der Waals surface area contributed by atoms with Crippen molar-refractivity contribution < 1.29 is 9.47 Å².